The van der Waals surface area contributed by atoms with Gasteiger partial charge in [-0.1, -0.05) is 17.3 Å². The molecule has 2 N–H and O–H groups in total. The first kappa shape index (κ1) is 22.1. The molecule has 2 heterocycles. The van der Waals surface area contributed by atoms with E-state index in [0.717, 1.165) is 11.8 Å². The van der Waals surface area contributed by atoms with Gasteiger partial charge in [0.25, 0.3) is 5.91 Å². The smallest absolute Gasteiger partial charge is 0.251 e. The van der Waals surface area contributed by atoms with Crippen LogP contribution in [0.1, 0.15) is 35.3 Å². The summed E-state index contributed by atoms with van der Waals surface area (Å²) in [5, 5.41) is 3.88. The van der Waals surface area contributed by atoms with Gasteiger partial charge in [0.1, 0.15) is 5.82 Å². The van der Waals surface area contributed by atoms with Crippen LogP contribution in [0.3, 0.4) is 0 Å². The minimum absolute atomic E-state index is 0.161. The van der Waals surface area contributed by atoms with Gasteiger partial charge < -0.3 is 10.6 Å². The van der Waals surface area contributed by atoms with Crippen LogP contribution in [-0.2, 0) is 9.63 Å². The summed E-state index contributed by atoms with van der Waals surface area (Å²) in [6, 6.07) is 5.54. The number of halogens is 3. The highest BCUT2D eigenvalue weighted by Gasteiger charge is 2.40. The first-order chi connectivity index (χ1) is 15.5. The lowest BCUT2D eigenvalue weighted by atomic mass is 9.93. The molecule has 0 unspecified atom stereocenters. The zero-order valence-corrected chi connectivity index (χ0v) is 17.7. The fraction of sp³-hybridized carbons (Fsp3) is 0.174. The standard InChI is InChI=1S/C23H17F3N4O3/c1-10-4-5-11(20-21(31)23(2,3)33-30-20)6-12(10)15-8-29-16(9-28-15)17-18(25)13(22(27)32)7-14(24)19(17)26/h4-9H,1-3H3,(H2,27,32). The van der Waals surface area contributed by atoms with E-state index >= 15 is 0 Å². The van der Waals surface area contributed by atoms with E-state index in [4.69, 9.17) is 10.6 Å². The molecule has 1 aliphatic rings. The Morgan fingerprint density at radius 2 is 1.70 bits per heavy atom. The van der Waals surface area contributed by atoms with E-state index in [1.54, 1.807) is 39.0 Å². The summed E-state index contributed by atoms with van der Waals surface area (Å²) >= 11 is 0. The fourth-order valence-electron chi connectivity index (χ4n) is 3.36. The van der Waals surface area contributed by atoms with Crippen molar-refractivity contribution in [3.63, 3.8) is 0 Å². The van der Waals surface area contributed by atoms with E-state index in [2.05, 4.69) is 15.1 Å². The maximum Gasteiger partial charge on any atom is 0.251 e. The van der Waals surface area contributed by atoms with Crippen LogP contribution in [-0.4, -0.2) is 33.0 Å². The molecule has 3 aromatic rings. The number of aryl methyl sites for hydroxylation is 1. The highest BCUT2D eigenvalue weighted by atomic mass is 19.2. The predicted molar refractivity (Wildman–Crippen MR) is 113 cm³/mol. The number of ketones is 1. The van der Waals surface area contributed by atoms with Crippen LogP contribution in [0.4, 0.5) is 13.2 Å². The molecule has 0 atom stereocenters. The largest absolute Gasteiger partial charge is 0.381 e. The van der Waals surface area contributed by atoms with Crippen molar-refractivity contribution in [1.82, 2.24) is 9.97 Å². The Balaban J connectivity index is 1.75. The van der Waals surface area contributed by atoms with Gasteiger partial charge in [-0.2, -0.15) is 0 Å². The van der Waals surface area contributed by atoms with Crippen molar-refractivity contribution in [1.29, 1.82) is 0 Å². The molecular weight excluding hydrogens is 437 g/mol. The average Bonchev–Trinajstić information content (AvgIpc) is 3.04. The molecule has 2 aromatic carbocycles. The molecule has 4 rings (SSSR count). The van der Waals surface area contributed by atoms with Crippen LogP contribution in [0, 0.1) is 24.4 Å². The van der Waals surface area contributed by atoms with Gasteiger partial charge in [-0.05, 0) is 38.5 Å². The molecule has 0 radical (unpaired) electrons. The van der Waals surface area contributed by atoms with Crippen molar-refractivity contribution in [3.05, 3.63) is 70.8 Å². The topological polar surface area (TPSA) is 108 Å². The molecule has 0 saturated heterocycles. The molecular formula is C23H17F3N4O3. The number of carbonyl (C=O) groups excluding carboxylic acids is 2. The second kappa shape index (κ2) is 7.80. The van der Waals surface area contributed by atoms with Gasteiger partial charge in [-0.15, -0.1) is 0 Å². The molecule has 168 valence electrons. The summed E-state index contributed by atoms with van der Waals surface area (Å²) in [6.07, 6.45) is 2.30. The van der Waals surface area contributed by atoms with Gasteiger partial charge in [0.15, 0.2) is 22.9 Å². The third-order valence-electron chi connectivity index (χ3n) is 5.24. The van der Waals surface area contributed by atoms with Crippen LogP contribution in [0.5, 0.6) is 0 Å². The number of carbonyl (C=O) groups is 2. The van der Waals surface area contributed by atoms with Crippen molar-refractivity contribution < 1.29 is 27.6 Å². The number of benzene rings is 2. The average molecular weight is 454 g/mol. The quantitative estimate of drug-likeness (QED) is 0.605. The van der Waals surface area contributed by atoms with Crippen LogP contribution >= 0.6 is 0 Å². The molecule has 0 bridgehead atoms. The number of hydrogen-bond donors (Lipinski definition) is 1. The van der Waals surface area contributed by atoms with Gasteiger partial charge in [-0.25, -0.2) is 13.2 Å². The highest BCUT2D eigenvalue weighted by Crippen LogP contribution is 2.31. The van der Waals surface area contributed by atoms with Crippen molar-refractivity contribution in [3.8, 4) is 22.5 Å². The lowest BCUT2D eigenvalue weighted by Crippen LogP contribution is -2.33. The fourth-order valence-corrected chi connectivity index (χ4v) is 3.36. The minimum Gasteiger partial charge on any atom is -0.381 e. The minimum atomic E-state index is -1.52. The molecule has 10 heteroatoms. The van der Waals surface area contributed by atoms with E-state index in [1.165, 1.54) is 6.20 Å². The molecule has 1 amide bonds. The zero-order chi connectivity index (χ0) is 24.1. The van der Waals surface area contributed by atoms with Crippen LogP contribution < -0.4 is 5.73 Å². The molecule has 1 aromatic heterocycles. The number of aromatic nitrogens is 2. The number of primary amides is 1. The first-order valence-electron chi connectivity index (χ1n) is 9.73. The number of rotatable bonds is 4. The van der Waals surface area contributed by atoms with Crippen LogP contribution in [0.15, 0.2) is 41.8 Å². The number of hydrogen-bond acceptors (Lipinski definition) is 6. The molecule has 1 aliphatic heterocycles. The Bertz CT molecular complexity index is 1350. The molecule has 33 heavy (non-hydrogen) atoms. The lowest BCUT2D eigenvalue weighted by molar-refractivity contribution is -0.128. The molecule has 0 saturated carbocycles. The molecule has 0 aliphatic carbocycles. The summed E-state index contributed by atoms with van der Waals surface area (Å²) in [7, 11) is 0. The highest BCUT2D eigenvalue weighted by molar-refractivity contribution is 6.49. The number of nitrogens with zero attached hydrogens (tertiary/aromatic N) is 3. The predicted octanol–water partition coefficient (Wildman–Crippen LogP) is 3.72. The third-order valence-corrected chi connectivity index (χ3v) is 5.24. The summed E-state index contributed by atoms with van der Waals surface area (Å²) in [5.74, 6) is -5.82. The monoisotopic (exact) mass is 454 g/mol. The molecule has 0 spiro atoms. The normalized spacial score (nSPS) is 14.7. The number of amides is 1. The van der Waals surface area contributed by atoms with E-state index < -0.39 is 40.1 Å². The number of nitrogens with two attached hydrogens (primary N) is 1. The number of Topliss-reactive ketones (excluding diaryl/α,β-unsaturated/α-hetero) is 1. The second-order valence-corrected chi connectivity index (χ2v) is 7.96. The summed E-state index contributed by atoms with van der Waals surface area (Å²) in [5.41, 5.74) is 4.37. The van der Waals surface area contributed by atoms with Gasteiger partial charge >= 0.3 is 0 Å². The van der Waals surface area contributed by atoms with E-state index in [1.807, 2.05) is 0 Å². The maximum absolute atomic E-state index is 14.6. The second-order valence-electron chi connectivity index (χ2n) is 7.96. The third kappa shape index (κ3) is 3.73. The lowest BCUT2D eigenvalue weighted by Gasteiger charge is -2.12. The maximum atomic E-state index is 14.6. The molecule has 0 fully saturated rings. The van der Waals surface area contributed by atoms with E-state index in [9.17, 15) is 22.8 Å². The van der Waals surface area contributed by atoms with Gasteiger partial charge in [-0.3, -0.25) is 19.6 Å². The van der Waals surface area contributed by atoms with E-state index in [-0.39, 0.29) is 17.2 Å². The Labute approximate surface area is 186 Å². The van der Waals surface area contributed by atoms with Crippen molar-refractivity contribution in [2.45, 2.75) is 26.4 Å². The number of oxime groups is 1. The zero-order valence-electron chi connectivity index (χ0n) is 17.7. The van der Waals surface area contributed by atoms with Gasteiger partial charge in [0, 0.05) is 11.1 Å². The Hall–Kier alpha value is -4.08. The van der Waals surface area contributed by atoms with E-state index in [0.29, 0.717) is 22.9 Å². The van der Waals surface area contributed by atoms with Crippen molar-refractivity contribution >= 4 is 17.4 Å². The first-order valence-corrected chi connectivity index (χ1v) is 9.73. The molecule has 7 nitrogen and oxygen atoms in total. The summed E-state index contributed by atoms with van der Waals surface area (Å²) in [6.45, 7) is 5.03. The van der Waals surface area contributed by atoms with Crippen molar-refractivity contribution in [2.24, 2.45) is 10.9 Å². The van der Waals surface area contributed by atoms with Crippen LogP contribution in [0.25, 0.3) is 22.5 Å². The summed E-state index contributed by atoms with van der Waals surface area (Å²) < 4.78 is 42.8. The van der Waals surface area contributed by atoms with Gasteiger partial charge in [0.2, 0.25) is 5.78 Å². The van der Waals surface area contributed by atoms with Crippen molar-refractivity contribution in [2.75, 3.05) is 0 Å². The van der Waals surface area contributed by atoms with Gasteiger partial charge in [0.05, 0.1) is 34.9 Å². The SMILES string of the molecule is Cc1ccc(C2=NOC(C)(C)C2=O)cc1-c1cnc(-c2c(F)c(F)cc(C(N)=O)c2F)cn1. The Morgan fingerprint density at radius 1 is 1.03 bits per heavy atom. The Kier molecular flexibility index (Phi) is 5.23. The Morgan fingerprint density at radius 3 is 2.27 bits per heavy atom. The van der Waals surface area contributed by atoms with Crippen LogP contribution in [0.2, 0.25) is 0 Å². The summed E-state index contributed by atoms with van der Waals surface area (Å²) in [4.78, 5) is 37.3.